The third-order valence-electron chi connectivity index (χ3n) is 3.27. The molecule has 14 heavy (non-hydrogen) atoms. The topological polar surface area (TPSA) is 20.2 Å². The van der Waals surface area contributed by atoms with E-state index in [4.69, 9.17) is 0 Å². The standard InChI is InChI=1S/C13H18O/c14-13-8-4-7-12(13)10-9-11-5-2-1-3-6-11/h1-3,5-6,12-14H,4,7-10H2/t12-,13+/m0/s1. The Morgan fingerprint density at radius 2 is 1.93 bits per heavy atom. The molecule has 0 heterocycles. The molecule has 76 valence electrons. The van der Waals surface area contributed by atoms with E-state index < -0.39 is 0 Å². The number of aryl methyl sites for hydroxylation is 1. The van der Waals surface area contributed by atoms with Gasteiger partial charge in [-0.2, -0.15) is 0 Å². The monoisotopic (exact) mass is 190 g/mol. The van der Waals surface area contributed by atoms with Gasteiger partial charge in [0.15, 0.2) is 0 Å². The molecule has 1 aromatic rings. The summed E-state index contributed by atoms with van der Waals surface area (Å²) in [7, 11) is 0. The van der Waals surface area contributed by atoms with Crippen molar-refractivity contribution in [3.8, 4) is 0 Å². The lowest BCUT2D eigenvalue weighted by atomic mass is 9.97. The van der Waals surface area contributed by atoms with Crippen LogP contribution in [0.1, 0.15) is 31.2 Å². The van der Waals surface area contributed by atoms with E-state index in [1.165, 1.54) is 18.4 Å². The van der Waals surface area contributed by atoms with Gasteiger partial charge in [-0.1, -0.05) is 36.8 Å². The van der Waals surface area contributed by atoms with Crippen LogP contribution in [0.2, 0.25) is 0 Å². The summed E-state index contributed by atoms with van der Waals surface area (Å²) in [4.78, 5) is 0. The lowest BCUT2D eigenvalue weighted by molar-refractivity contribution is 0.128. The number of rotatable bonds is 3. The molecule has 0 radical (unpaired) electrons. The van der Waals surface area contributed by atoms with Crippen LogP contribution in [-0.2, 0) is 6.42 Å². The molecular formula is C13H18O. The Kier molecular flexibility index (Phi) is 3.20. The second-order valence-electron chi connectivity index (χ2n) is 4.28. The van der Waals surface area contributed by atoms with Crippen LogP contribution < -0.4 is 0 Å². The Labute approximate surface area is 85.8 Å². The van der Waals surface area contributed by atoms with Gasteiger partial charge in [-0.3, -0.25) is 0 Å². The van der Waals surface area contributed by atoms with Gasteiger partial charge in [-0.15, -0.1) is 0 Å². The van der Waals surface area contributed by atoms with Crippen molar-refractivity contribution in [1.29, 1.82) is 0 Å². The summed E-state index contributed by atoms with van der Waals surface area (Å²) in [5, 5.41) is 9.67. The van der Waals surface area contributed by atoms with Crippen LogP contribution in [0.25, 0.3) is 0 Å². The van der Waals surface area contributed by atoms with Crippen molar-refractivity contribution >= 4 is 0 Å². The second kappa shape index (κ2) is 4.61. The SMILES string of the molecule is O[C@@H]1CCC[C@H]1CCc1ccccc1. The normalized spacial score (nSPS) is 26.6. The maximum atomic E-state index is 9.67. The molecule has 1 heteroatoms. The Morgan fingerprint density at radius 3 is 2.57 bits per heavy atom. The summed E-state index contributed by atoms with van der Waals surface area (Å²) in [6.07, 6.45) is 5.67. The second-order valence-corrected chi connectivity index (χ2v) is 4.28. The van der Waals surface area contributed by atoms with E-state index in [0.29, 0.717) is 5.92 Å². The van der Waals surface area contributed by atoms with Crippen LogP contribution in [0.4, 0.5) is 0 Å². The molecule has 0 bridgehead atoms. The maximum Gasteiger partial charge on any atom is 0.0568 e. The molecule has 2 atom stereocenters. The van der Waals surface area contributed by atoms with Crippen molar-refractivity contribution < 1.29 is 5.11 Å². The number of benzene rings is 1. The molecule has 0 aromatic heterocycles. The fourth-order valence-corrected chi connectivity index (χ4v) is 2.35. The molecule has 1 N–H and O–H groups in total. The molecule has 1 aliphatic rings. The summed E-state index contributed by atoms with van der Waals surface area (Å²) in [5.74, 6) is 0.551. The van der Waals surface area contributed by atoms with E-state index in [-0.39, 0.29) is 6.10 Å². The largest absolute Gasteiger partial charge is 0.393 e. The third-order valence-corrected chi connectivity index (χ3v) is 3.27. The zero-order valence-electron chi connectivity index (χ0n) is 8.52. The van der Waals surface area contributed by atoms with E-state index in [1.54, 1.807) is 0 Å². The Balaban J connectivity index is 1.82. The van der Waals surface area contributed by atoms with Crippen molar-refractivity contribution in [2.24, 2.45) is 5.92 Å². The molecule has 0 unspecified atom stereocenters. The molecule has 0 amide bonds. The Hall–Kier alpha value is -0.820. The first-order valence-corrected chi connectivity index (χ1v) is 5.58. The summed E-state index contributed by atoms with van der Waals surface area (Å²) in [6.45, 7) is 0. The van der Waals surface area contributed by atoms with Crippen molar-refractivity contribution in [1.82, 2.24) is 0 Å². The minimum absolute atomic E-state index is 0.0290. The van der Waals surface area contributed by atoms with Gasteiger partial charge in [0.25, 0.3) is 0 Å². The molecule has 1 saturated carbocycles. The van der Waals surface area contributed by atoms with Crippen LogP contribution in [0.3, 0.4) is 0 Å². The highest BCUT2D eigenvalue weighted by Crippen LogP contribution is 2.29. The van der Waals surface area contributed by atoms with E-state index in [9.17, 15) is 5.11 Å². The quantitative estimate of drug-likeness (QED) is 0.777. The fraction of sp³-hybridized carbons (Fsp3) is 0.538. The van der Waals surface area contributed by atoms with E-state index in [2.05, 4.69) is 24.3 Å². The predicted molar refractivity (Wildman–Crippen MR) is 58.1 cm³/mol. The first-order valence-electron chi connectivity index (χ1n) is 5.58. The number of aliphatic hydroxyl groups is 1. The Bertz CT molecular complexity index is 268. The summed E-state index contributed by atoms with van der Waals surface area (Å²) >= 11 is 0. The molecule has 1 aromatic carbocycles. The highest BCUT2D eigenvalue weighted by atomic mass is 16.3. The van der Waals surface area contributed by atoms with Gasteiger partial charge < -0.3 is 5.11 Å². The van der Waals surface area contributed by atoms with Gasteiger partial charge in [-0.25, -0.2) is 0 Å². The summed E-state index contributed by atoms with van der Waals surface area (Å²) < 4.78 is 0. The van der Waals surface area contributed by atoms with Gasteiger partial charge in [0.2, 0.25) is 0 Å². The van der Waals surface area contributed by atoms with E-state index in [0.717, 1.165) is 19.3 Å². The first kappa shape index (κ1) is 9.72. The van der Waals surface area contributed by atoms with Gasteiger partial charge >= 0.3 is 0 Å². The van der Waals surface area contributed by atoms with Crippen molar-refractivity contribution in [2.75, 3.05) is 0 Å². The zero-order valence-corrected chi connectivity index (χ0v) is 8.52. The first-order chi connectivity index (χ1) is 6.86. The molecule has 0 aliphatic heterocycles. The van der Waals surface area contributed by atoms with Gasteiger partial charge in [0.05, 0.1) is 6.10 Å². The van der Waals surface area contributed by atoms with Crippen LogP contribution >= 0.6 is 0 Å². The average molecular weight is 190 g/mol. The minimum Gasteiger partial charge on any atom is -0.393 e. The third kappa shape index (κ3) is 2.36. The van der Waals surface area contributed by atoms with Gasteiger partial charge in [0, 0.05) is 0 Å². The van der Waals surface area contributed by atoms with Crippen LogP contribution in [0.5, 0.6) is 0 Å². The molecular weight excluding hydrogens is 172 g/mol. The fourth-order valence-electron chi connectivity index (χ4n) is 2.35. The summed E-state index contributed by atoms with van der Waals surface area (Å²) in [5.41, 5.74) is 1.40. The smallest absolute Gasteiger partial charge is 0.0568 e. The lowest BCUT2D eigenvalue weighted by Gasteiger charge is -2.13. The van der Waals surface area contributed by atoms with Crippen molar-refractivity contribution in [3.05, 3.63) is 35.9 Å². The van der Waals surface area contributed by atoms with Crippen LogP contribution in [-0.4, -0.2) is 11.2 Å². The van der Waals surface area contributed by atoms with Crippen LogP contribution in [0, 0.1) is 5.92 Å². The molecule has 0 spiro atoms. The molecule has 1 nitrogen and oxygen atoms in total. The zero-order chi connectivity index (χ0) is 9.80. The van der Waals surface area contributed by atoms with Crippen LogP contribution in [0.15, 0.2) is 30.3 Å². The number of hydrogen-bond donors (Lipinski definition) is 1. The minimum atomic E-state index is -0.0290. The van der Waals surface area contributed by atoms with Gasteiger partial charge in [-0.05, 0) is 37.2 Å². The number of aliphatic hydroxyl groups excluding tert-OH is 1. The highest BCUT2D eigenvalue weighted by molar-refractivity contribution is 5.14. The van der Waals surface area contributed by atoms with Crippen molar-refractivity contribution in [2.45, 2.75) is 38.2 Å². The predicted octanol–water partition coefficient (Wildman–Crippen LogP) is 2.78. The molecule has 0 saturated heterocycles. The van der Waals surface area contributed by atoms with E-state index >= 15 is 0 Å². The molecule has 1 aliphatic carbocycles. The van der Waals surface area contributed by atoms with E-state index in [1.807, 2.05) is 6.07 Å². The average Bonchev–Trinajstić information content (AvgIpc) is 2.63. The van der Waals surface area contributed by atoms with Crippen molar-refractivity contribution in [3.63, 3.8) is 0 Å². The maximum absolute atomic E-state index is 9.67. The Morgan fingerprint density at radius 1 is 1.14 bits per heavy atom. The molecule has 2 rings (SSSR count). The summed E-state index contributed by atoms with van der Waals surface area (Å²) in [6, 6.07) is 10.6. The lowest BCUT2D eigenvalue weighted by Crippen LogP contribution is -2.13. The molecule has 1 fully saturated rings. The van der Waals surface area contributed by atoms with Gasteiger partial charge in [0.1, 0.15) is 0 Å². The number of hydrogen-bond acceptors (Lipinski definition) is 1. The highest BCUT2D eigenvalue weighted by Gasteiger charge is 2.24.